The number of hydrogen-bond acceptors (Lipinski definition) is 4. The number of pyridine rings is 1. The van der Waals surface area contributed by atoms with Crippen LogP contribution in [0, 0.1) is 0 Å². The Kier molecular flexibility index (Phi) is 4.75. The maximum atomic E-state index is 9.66. The lowest BCUT2D eigenvalue weighted by Gasteiger charge is -2.30. The maximum Gasteiger partial charge on any atom is 0.127 e. The number of aromatic nitrogens is 1. The first-order valence-corrected chi connectivity index (χ1v) is 6.12. The summed E-state index contributed by atoms with van der Waals surface area (Å²) in [6.45, 7) is 8.75. The number of nitrogens with one attached hydrogen (secondary N) is 2. The molecule has 1 atom stereocenters. The predicted octanol–water partition coefficient (Wildman–Crippen LogP) is 2.47. The van der Waals surface area contributed by atoms with Crippen molar-refractivity contribution in [2.75, 3.05) is 17.2 Å². The SMILES string of the molecule is CCCNc1cc(NC(C)(C)C(C)O)ccn1. The van der Waals surface area contributed by atoms with E-state index in [4.69, 9.17) is 0 Å². The average Bonchev–Trinajstić information content (AvgIpc) is 2.26. The van der Waals surface area contributed by atoms with Crippen molar-refractivity contribution in [3.63, 3.8) is 0 Å². The van der Waals surface area contributed by atoms with Gasteiger partial charge in [0.2, 0.25) is 0 Å². The Balaban J connectivity index is 2.71. The molecule has 1 rings (SSSR count). The molecule has 1 aromatic rings. The van der Waals surface area contributed by atoms with Crippen LogP contribution in [0.4, 0.5) is 11.5 Å². The van der Waals surface area contributed by atoms with E-state index < -0.39 is 6.10 Å². The Morgan fingerprint density at radius 2 is 2.18 bits per heavy atom. The molecule has 0 fully saturated rings. The van der Waals surface area contributed by atoms with Gasteiger partial charge in [0.25, 0.3) is 0 Å². The van der Waals surface area contributed by atoms with Crippen LogP contribution in [0.3, 0.4) is 0 Å². The van der Waals surface area contributed by atoms with E-state index in [0.717, 1.165) is 24.5 Å². The second-order valence-corrected chi connectivity index (χ2v) is 4.88. The highest BCUT2D eigenvalue weighted by Gasteiger charge is 2.23. The van der Waals surface area contributed by atoms with Crippen LogP contribution < -0.4 is 10.6 Å². The second kappa shape index (κ2) is 5.87. The van der Waals surface area contributed by atoms with Gasteiger partial charge in [0, 0.05) is 24.5 Å². The van der Waals surface area contributed by atoms with Crippen molar-refractivity contribution in [3.05, 3.63) is 18.3 Å². The van der Waals surface area contributed by atoms with Crippen LogP contribution in [-0.2, 0) is 0 Å². The van der Waals surface area contributed by atoms with Gasteiger partial charge in [0.15, 0.2) is 0 Å². The van der Waals surface area contributed by atoms with Crippen LogP contribution in [0.2, 0.25) is 0 Å². The number of rotatable bonds is 6. The van der Waals surface area contributed by atoms with E-state index >= 15 is 0 Å². The first kappa shape index (κ1) is 13.8. The molecule has 0 aliphatic carbocycles. The van der Waals surface area contributed by atoms with Crippen molar-refractivity contribution in [3.8, 4) is 0 Å². The van der Waals surface area contributed by atoms with Gasteiger partial charge in [-0.2, -0.15) is 0 Å². The lowest BCUT2D eigenvalue weighted by atomic mass is 9.98. The molecule has 0 amide bonds. The van der Waals surface area contributed by atoms with Crippen molar-refractivity contribution < 1.29 is 5.11 Å². The smallest absolute Gasteiger partial charge is 0.127 e. The zero-order valence-corrected chi connectivity index (χ0v) is 11.1. The summed E-state index contributed by atoms with van der Waals surface area (Å²) in [6, 6.07) is 3.86. The van der Waals surface area contributed by atoms with Crippen molar-refractivity contribution in [2.45, 2.75) is 45.8 Å². The van der Waals surface area contributed by atoms with Crippen LogP contribution in [0.1, 0.15) is 34.1 Å². The molecule has 0 aliphatic rings. The van der Waals surface area contributed by atoms with E-state index in [1.165, 1.54) is 0 Å². The summed E-state index contributed by atoms with van der Waals surface area (Å²) in [4.78, 5) is 4.24. The molecule has 4 heteroatoms. The summed E-state index contributed by atoms with van der Waals surface area (Å²) in [7, 11) is 0. The number of nitrogens with zero attached hydrogens (tertiary/aromatic N) is 1. The third kappa shape index (κ3) is 4.23. The molecule has 17 heavy (non-hydrogen) atoms. The summed E-state index contributed by atoms with van der Waals surface area (Å²) >= 11 is 0. The molecule has 0 spiro atoms. The molecule has 1 heterocycles. The number of aliphatic hydroxyl groups is 1. The lowest BCUT2D eigenvalue weighted by molar-refractivity contribution is 0.133. The molecule has 1 unspecified atom stereocenters. The fraction of sp³-hybridized carbons (Fsp3) is 0.615. The highest BCUT2D eigenvalue weighted by Crippen LogP contribution is 2.19. The number of hydrogen-bond donors (Lipinski definition) is 3. The molecule has 0 bridgehead atoms. The van der Waals surface area contributed by atoms with Crippen molar-refractivity contribution in [1.82, 2.24) is 4.98 Å². The maximum absolute atomic E-state index is 9.66. The summed E-state index contributed by atoms with van der Waals surface area (Å²) in [6.07, 6.45) is 2.40. The average molecular weight is 237 g/mol. The van der Waals surface area contributed by atoms with Crippen molar-refractivity contribution in [1.29, 1.82) is 0 Å². The van der Waals surface area contributed by atoms with E-state index in [9.17, 15) is 5.11 Å². The topological polar surface area (TPSA) is 57.2 Å². The molecule has 0 radical (unpaired) electrons. The molecule has 0 aromatic carbocycles. The summed E-state index contributed by atoms with van der Waals surface area (Å²) in [5.41, 5.74) is 0.605. The zero-order valence-electron chi connectivity index (χ0n) is 11.1. The Hall–Kier alpha value is -1.29. The van der Waals surface area contributed by atoms with Crippen LogP contribution in [-0.4, -0.2) is 28.3 Å². The highest BCUT2D eigenvalue weighted by molar-refractivity contribution is 5.53. The fourth-order valence-electron chi connectivity index (χ4n) is 1.33. The summed E-state index contributed by atoms with van der Waals surface area (Å²) in [5, 5.41) is 16.2. The van der Waals surface area contributed by atoms with Gasteiger partial charge in [0.05, 0.1) is 11.6 Å². The van der Waals surface area contributed by atoms with Crippen LogP contribution in [0.5, 0.6) is 0 Å². The minimum atomic E-state index is -0.428. The van der Waals surface area contributed by atoms with E-state index in [0.29, 0.717) is 0 Å². The Bertz CT molecular complexity index is 350. The van der Waals surface area contributed by atoms with Gasteiger partial charge in [-0.05, 0) is 33.3 Å². The lowest BCUT2D eigenvalue weighted by Crippen LogP contribution is -2.41. The van der Waals surface area contributed by atoms with Gasteiger partial charge >= 0.3 is 0 Å². The first-order valence-electron chi connectivity index (χ1n) is 6.12. The normalized spacial score (nSPS) is 13.2. The van der Waals surface area contributed by atoms with Crippen LogP contribution in [0.15, 0.2) is 18.3 Å². The van der Waals surface area contributed by atoms with E-state index in [2.05, 4.69) is 22.5 Å². The first-order chi connectivity index (χ1) is 7.95. The van der Waals surface area contributed by atoms with Crippen LogP contribution >= 0.6 is 0 Å². The molecule has 3 N–H and O–H groups in total. The quantitative estimate of drug-likeness (QED) is 0.711. The monoisotopic (exact) mass is 237 g/mol. The van der Waals surface area contributed by atoms with E-state index in [1.807, 2.05) is 26.0 Å². The third-order valence-corrected chi connectivity index (χ3v) is 2.83. The second-order valence-electron chi connectivity index (χ2n) is 4.88. The third-order valence-electron chi connectivity index (χ3n) is 2.83. The van der Waals surface area contributed by atoms with Gasteiger partial charge in [-0.15, -0.1) is 0 Å². The van der Waals surface area contributed by atoms with Crippen molar-refractivity contribution in [2.24, 2.45) is 0 Å². The fourth-order valence-corrected chi connectivity index (χ4v) is 1.33. The largest absolute Gasteiger partial charge is 0.391 e. The van der Waals surface area contributed by atoms with Crippen molar-refractivity contribution >= 4 is 11.5 Å². The molecule has 1 aromatic heterocycles. The Labute approximate surface area is 103 Å². The molecule has 0 saturated carbocycles. The zero-order chi connectivity index (χ0) is 12.9. The molecule has 0 saturated heterocycles. The Morgan fingerprint density at radius 3 is 2.76 bits per heavy atom. The standard InChI is InChI=1S/C13H23N3O/c1-5-7-14-12-9-11(6-8-15-12)16-13(3,4)10(2)17/h6,8-10,17H,5,7H2,1-4H3,(H2,14,15,16). The molecule has 0 aliphatic heterocycles. The van der Waals surface area contributed by atoms with Gasteiger partial charge in [-0.3, -0.25) is 0 Å². The minimum absolute atomic E-state index is 0.358. The molecular formula is C13H23N3O. The van der Waals surface area contributed by atoms with E-state index in [-0.39, 0.29) is 5.54 Å². The summed E-state index contributed by atoms with van der Waals surface area (Å²) in [5.74, 6) is 0.859. The highest BCUT2D eigenvalue weighted by atomic mass is 16.3. The van der Waals surface area contributed by atoms with Gasteiger partial charge < -0.3 is 15.7 Å². The van der Waals surface area contributed by atoms with E-state index in [1.54, 1.807) is 13.1 Å². The van der Waals surface area contributed by atoms with Gasteiger partial charge in [-0.1, -0.05) is 6.92 Å². The van der Waals surface area contributed by atoms with Crippen LogP contribution in [0.25, 0.3) is 0 Å². The van der Waals surface area contributed by atoms with Gasteiger partial charge in [-0.25, -0.2) is 4.98 Å². The Morgan fingerprint density at radius 1 is 1.47 bits per heavy atom. The molecule has 4 nitrogen and oxygen atoms in total. The molecular weight excluding hydrogens is 214 g/mol. The number of aliphatic hydroxyl groups excluding tert-OH is 1. The van der Waals surface area contributed by atoms with Gasteiger partial charge in [0.1, 0.15) is 5.82 Å². The predicted molar refractivity (Wildman–Crippen MR) is 72.4 cm³/mol. The number of anilines is 2. The summed E-state index contributed by atoms with van der Waals surface area (Å²) < 4.78 is 0. The molecule has 96 valence electrons. The minimum Gasteiger partial charge on any atom is -0.391 e.